The highest BCUT2D eigenvalue weighted by Crippen LogP contribution is 2.20. The minimum absolute atomic E-state index is 0.0739. The van der Waals surface area contributed by atoms with Crippen LogP contribution in [0.3, 0.4) is 0 Å². The van der Waals surface area contributed by atoms with Gasteiger partial charge in [-0.15, -0.1) is 0 Å². The number of amides is 1. The Morgan fingerprint density at radius 1 is 1.17 bits per heavy atom. The number of rotatable bonds is 10. The largest absolute Gasteiger partial charge is 0.494 e. The number of hydrogen-bond donors (Lipinski definition) is 1. The molecule has 1 heterocycles. The fourth-order valence-corrected chi connectivity index (χ4v) is 3.57. The van der Waals surface area contributed by atoms with Crippen LogP contribution in [0.5, 0.6) is 5.75 Å². The van der Waals surface area contributed by atoms with Crippen molar-refractivity contribution in [3.05, 3.63) is 54.4 Å². The van der Waals surface area contributed by atoms with E-state index in [4.69, 9.17) is 4.74 Å². The molecule has 0 aliphatic rings. The molecule has 0 radical (unpaired) electrons. The Morgan fingerprint density at radius 2 is 1.93 bits per heavy atom. The number of anilines is 1. The van der Waals surface area contributed by atoms with Crippen molar-refractivity contribution in [1.29, 1.82) is 0 Å². The van der Waals surface area contributed by atoms with Gasteiger partial charge in [0.2, 0.25) is 5.91 Å². The van der Waals surface area contributed by atoms with E-state index in [0.29, 0.717) is 6.61 Å². The topological polar surface area (TPSA) is 59.4 Å². The monoisotopic (exact) mass is 412 g/mol. The summed E-state index contributed by atoms with van der Waals surface area (Å²) < 4.78 is 7.73. The van der Waals surface area contributed by atoms with E-state index in [1.54, 1.807) is 11.8 Å². The Balaban J connectivity index is 1.60. The summed E-state index contributed by atoms with van der Waals surface area (Å²) in [5, 5.41) is 2.97. The first-order valence-electron chi connectivity index (χ1n) is 9.67. The lowest BCUT2D eigenvalue weighted by molar-refractivity contribution is -0.116. The highest BCUT2D eigenvalue weighted by atomic mass is 32.2. The Hall–Kier alpha value is -2.51. The Bertz CT molecular complexity index is 938. The van der Waals surface area contributed by atoms with Crippen molar-refractivity contribution < 1.29 is 9.53 Å². The predicted molar refractivity (Wildman–Crippen MR) is 121 cm³/mol. The summed E-state index contributed by atoms with van der Waals surface area (Å²) in [6.07, 6.45) is 3.01. The minimum Gasteiger partial charge on any atom is -0.494 e. The van der Waals surface area contributed by atoms with E-state index in [9.17, 15) is 4.79 Å². The van der Waals surface area contributed by atoms with Crippen LogP contribution < -0.4 is 10.1 Å². The van der Waals surface area contributed by atoms with E-state index in [-0.39, 0.29) is 12.5 Å². The van der Waals surface area contributed by atoms with Crippen LogP contribution in [-0.4, -0.2) is 53.9 Å². The average Bonchev–Trinajstić information content (AvgIpc) is 3.04. The van der Waals surface area contributed by atoms with Gasteiger partial charge in [-0.1, -0.05) is 12.1 Å². The summed E-state index contributed by atoms with van der Waals surface area (Å²) in [7, 11) is 4.10. The lowest BCUT2D eigenvalue weighted by atomic mass is 10.3. The zero-order valence-corrected chi connectivity index (χ0v) is 18.0. The van der Waals surface area contributed by atoms with Gasteiger partial charge in [-0.25, -0.2) is 4.98 Å². The zero-order chi connectivity index (χ0) is 20.6. The first kappa shape index (κ1) is 21.2. The number of ether oxygens (including phenoxy) is 1. The summed E-state index contributed by atoms with van der Waals surface area (Å²) in [6.45, 7) is 1.91. The molecule has 3 aromatic rings. The van der Waals surface area contributed by atoms with Crippen LogP contribution in [0, 0.1) is 0 Å². The molecular formula is C22H28N4O2S. The molecule has 0 unspecified atom stereocenters. The number of nitrogens with zero attached hydrogens (tertiary/aromatic N) is 3. The van der Waals surface area contributed by atoms with Crippen LogP contribution in [0.2, 0.25) is 0 Å². The van der Waals surface area contributed by atoms with Gasteiger partial charge in [-0.3, -0.25) is 4.79 Å². The van der Waals surface area contributed by atoms with Crippen molar-refractivity contribution >= 4 is 34.4 Å². The Morgan fingerprint density at radius 3 is 2.66 bits per heavy atom. The van der Waals surface area contributed by atoms with Crippen molar-refractivity contribution in [3.8, 4) is 5.75 Å². The van der Waals surface area contributed by atoms with E-state index in [1.807, 2.05) is 73.4 Å². The predicted octanol–water partition coefficient (Wildman–Crippen LogP) is 3.87. The second kappa shape index (κ2) is 10.3. The molecule has 6 nitrogen and oxygen atoms in total. The quantitative estimate of drug-likeness (QED) is 0.512. The van der Waals surface area contributed by atoms with Gasteiger partial charge < -0.3 is 19.5 Å². The van der Waals surface area contributed by atoms with Crippen molar-refractivity contribution in [3.63, 3.8) is 0 Å². The summed E-state index contributed by atoms with van der Waals surface area (Å²) in [5.74, 6) is 2.41. The van der Waals surface area contributed by atoms with Gasteiger partial charge in [-0.05, 0) is 63.2 Å². The number of thioether (sulfide) groups is 1. The number of para-hydroxylation sites is 2. The first-order chi connectivity index (χ1) is 14.1. The molecule has 0 spiro atoms. The molecule has 154 valence electrons. The molecule has 0 aliphatic heterocycles. The lowest BCUT2D eigenvalue weighted by Gasteiger charge is -2.12. The molecule has 1 aromatic heterocycles. The van der Waals surface area contributed by atoms with Gasteiger partial charge in [-0.2, -0.15) is 11.8 Å². The Labute approximate surface area is 176 Å². The van der Waals surface area contributed by atoms with Crippen molar-refractivity contribution in [2.75, 3.05) is 38.8 Å². The maximum Gasteiger partial charge on any atom is 0.244 e. The summed E-state index contributed by atoms with van der Waals surface area (Å²) >= 11 is 1.69. The number of carbonyl (C=O) groups excluding carboxylic acids is 1. The number of carbonyl (C=O) groups is 1. The van der Waals surface area contributed by atoms with Crippen LogP contribution in [0.25, 0.3) is 11.0 Å². The number of hydrogen-bond acceptors (Lipinski definition) is 5. The molecule has 0 saturated carbocycles. The van der Waals surface area contributed by atoms with E-state index < -0.39 is 0 Å². The SMILES string of the molecule is CSCc1nc2ccccc2n1CC(=O)Nc1ccc(OCCCN(C)C)cc1. The molecular weight excluding hydrogens is 384 g/mol. The highest BCUT2D eigenvalue weighted by molar-refractivity contribution is 7.97. The average molecular weight is 413 g/mol. The summed E-state index contributed by atoms with van der Waals surface area (Å²) in [4.78, 5) is 19.4. The third-order valence-corrected chi connectivity index (χ3v) is 5.01. The lowest BCUT2D eigenvalue weighted by Crippen LogP contribution is -2.20. The van der Waals surface area contributed by atoms with E-state index in [2.05, 4.69) is 15.2 Å². The van der Waals surface area contributed by atoms with Crippen molar-refractivity contribution in [1.82, 2.24) is 14.5 Å². The number of benzene rings is 2. The fourth-order valence-electron chi connectivity index (χ4n) is 3.09. The molecule has 0 saturated heterocycles. The smallest absolute Gasteiger partial charge is 0.244 e. The van der Waals surface area contributed by atoms with Crippen LogP contribution >= 0.6 is 11.8 Å². The van der Waals surface area contributed by atoms with E-state index in [0.717, 1.165) is 47.0 Å². The van der Waals surface area contributed by atoms with E-state index >= 15 is 0 Å². The van der Waals surface area contributed by atoms with Gasteiger partial charge in [0.1, 0.15) is 18.1 Å². The summed E-state index contributed by atoms with van der Waals surface area (Å²) in [5.41, 5.74) is 2.65. The van der Waals surface area contributed by atoms with Gasteiger partial charge in [0.25, 0.3) is 0 Å². The molecule has 0 atom stereocenters. The number of nitrogens with one attached hydrogen (secondary N) is 1. The second-order valence-corrected chi connectivity index (χ2v) is 7.98. The Kier molecular flexibility index (Phi) is 7.55. The zero-order valence-electron chi connectivity index (χ0n) is 17.2. The van der Waals surface area contributed by atoms with Gasteiger partial charge >= 0.3 is 0 Å². The normalized spacial score (nSPS) is 11.2. The molecule has 0 aliphatic carbocycles. The summed E-state index contributed by atoms with van der Waals surface area (Å²) in [6, 6.07) is 15.4. The van der Waals surface area contributed by atoms with Crippen LogP contribution in [0.15, 0.2) is 48.5 Å². The first-order valence-corrected chi connectivity index (χ1v) is 11.1. The molecule has 7 heteroatoms. The molecule has 0 bridgehead atoms. The van der Waals surface area contributed by atoms with Crippen LogP contribution in [0.4, 0.5) is 5.69 Å². The van der Waals surface area contributed by atoms with Gasteiger partial charge in [0, 0.05) is 12.2 Å². The molecule has 2 aromatic carbocycles. The number of fused-ring (bicyclic) bond motifs is 1. The van der Waals surface area contributed by atoms with Gasteiger partial charge in [0.05, 0.1) is 23.4 Å². The minimum atomic E-state index is -0.0739. The number of aromatic nitrogens is 2. The molecule has 0 fully saturated rings. The molecule has 3 rings (SSSR count). The van der Waals surface area contributed by atoms with Crippen LogP contribution in [-0.2, 0) is 17.1 Å². The number of imidazole rings is 1. The molecule has 29 heavy (non-hydrogen) atoms. The van der Waals surface area contributed by atoms with E-state index in [1.165, 1.54) is 0 Å². The van der Waals surface area contributed by atoms with Gasteiger partial charge in [0.15, 0.2) is 0 Å². The van der Waals surface area contributed by atoms with Crippen LogP contribution in [0.1, 0.15) is 12.2 Å². The highest BCUT2D eigenvalue weighted by Gasteiger charge is 2.13. The standard InChI is InChI=1S/C22H28N4O2S/c1-25(2)13-6-14-28-18-11-9-17(10-12-18)23-22(27)15-26-20-8-5-4-7-19(20)24-21(26)16-29-3/h4-5,7-12H,6,13-16H2,1-3H3,(H,23,27). The molecule has 1 amide bonds. The third kappa shape index (κ3) is 5.98. The van der Waals surface area contributed by atoms with Crippen molar-refractivity contribution in [2.24, 2.45) is 0 Å². The second-order valence-electron chi connectivity index (χ2n) is 7.11. The molecule has 1 N–H and O–H groups in total. The maximum atomic E-state index is 12.6. The maximum absolute atomic E-state index is 12.6. The third-order valence-electron chi connectivity index (χ3n) is 4.47. The fraction of sp³-hybridized carbons (Fsp3) is 0.364. The van der Waals surface area contributed by atoms with Crippen molar-refractivity contribution in [2.45, 2.75) is 18.7 Å².